The lowest BCUT2D eigenvalue weighted by molar-refractivity contribution is 0.607. The van der Waals surface area contributed by atoms with Gasteiger partial charge in [0.2, 0.25) is 0 Å². The van der Waals surface area contributed by atoms with E-state index in [0.717, 1.165) is 17.1 Å². The molecule has 54 heavy (non-hydrogen) atoms. The summed E-state index contributed by atoms with van der Waals surface area (Å²) in [4.78, 5) is 5.16. The second-order valence-corrected chi connectivity index (χ2v) is 16.0. The van der Waals surface area contributed by atoms with Gasteiger partial charge in [-0.3, -0.25) is 0 Å². The fraction of sp³-hybridized carbons (Fsp3) is 0.0769. The van der Waals surface area contributed by atoms with Gasteiger partial charge in [-0.2, -0.15) is 0 Å². The molecule has 1 nitrogen and oxygen atoms in total. The first-order valence-electron chi connectivity index (χ1n) is 18.8. The molecule has 2 heteroatoms. The molecule has 1 heterocycles. The van der Waals surface area contributed by atoms with Crippen molar-refractivity contribution in [3.8, 4) is 22.3 Å². The number of rotatable bonds is 6. The van der Waals surface area contributed by atoms with Gasteiger partial charge in [-0.25, -0.2) is 0 Å². The third-order valence-electron chi connectivity index (χ3n) is 11.6. The molecule has 0 unspecified atom stereocenters. The third-order valence-corrected chi connectivity index (χ3v) is 12.7. The standard InChI is InChI=1S/C52H39NS/c1-51(2)46-29-14-16-31-49(46)54-50-33-32-40(35-47(50)51)53(39-23-17-20-37(34-39)36-18-5-3-6-19-36)48-30-15-13-28-45(48)52(38-21-7-4-8-22-38)43-26-11-9-24-41(43)42-25-10-12-27-44(42)52/h3-35H,1-2H3. The molecule has 0 aromatic heterocycles. The molecule has 8 aromatic rings. The van der Waals surface area contributed by atoms with Gasteiger partial charge in [-0.1, -0.05) is 183 Å². The molecule has 0 amide bonds. The van der Waals surface area contributed by atoms with Crippen LogP contribution < -0.4 is 4.90 Å². The Balaban J connectivity index is 1.27. The van der Waals surface area contributed by atoms with E-state index in [9.17, 15) is 0 Å². The maximum absolute atomic E-state index is 2.51. The van der Waals surface area contributed by atoms with Gasteiger partial charge >= 0.3 is 0 Å². The number of nitrogens with zero attached hydrogens (tertiary/aromatic N) is 1. The lowest BCUT2D eigenvalue weighted by Gasteiger charge is -2.39. The minimum Gasteiger partial charge on any atom is -0.310 e. The minimum atomic E-state index is -0.553. The van der Waals surface area contributed by atoms with E-state index in [1.807, 2.05) is 11.8 Å². The molecule has 0 saturated heterocycles. The molecule has 10 rings (SSSR count). The van der Waals surface area contributed by atoms with Crippen molar-refractivity contribution in [1.29, 1.82) is 0 Å². The normalized spacial score (nSPS) is 14.3. The van der Waals surface area contributed by atoms with Gasteiger partial charge in [0.25, 0.3) is 0 Å². The van der Waals surface area contributed by atoms with Crippen molar-refractivity contribution in [3.63, 3.8) is 0 Å². The van der Waals surface area contributed by atoms with Gasteiger partial charge < -0.3 is 4.90 Å². The molecular formula is C52H39NS. The highest BCUT2D eigenvalue weighted by molar-refractivity contribution is 7.99. The van der Waals surface area contributed by atoms with Crippen LogP contribution in [0.5, 0.6) is 0 Å². The number of anilines is 3. The first-order chi connectivity index (χ1) is 26.5. The Kier molecular flexibility index (Phi) is 7.71. The van der Waals surface area contributed by atoms with E-state index in [4.69, 9.17) is 0 Å². The van der Waals surface area contributed by atoms with Gasteiger partial charge in [0.1, 0.15) is 0 Å². The SMILES string of the molecule is CC1(C)c2ccccc2Sc2ccc(N(c3cccc(-c4ccccc4)c3)c3ccccc3C3(c4ccccc4)c4ccccc4-c4ccccc43)cc21. The zero-order valence-corrected chi connectivity index (χ0v) is 31.2. The molecule has 0 atom stereocenters. The van der Waals surface area contributed by atoms with E-state index in [1.165, 1.54) is 65.4 Å². The van der Waals surface area contributed by atoms with E-state index in [0.29, 0.717) is 0 Å². The van der Waals surface area contributed by atoms with E-state index in [1.54, 1.807) is 0 Å². The summed E-state index contributed by atoms with van der Waals surface area (Å²) in [7, 11) is 0. The summed E-state index contributed by atoms with van der Waals surface area (Å²) in [5.74, 6) is 0. The van der Waals surface area contributed by atoms with Gasteiger partial charge in [0.05, 0.1) is 11.1 Å². The van der Waals surface area contributed by atoms with Gasteiger partial charge in [-0.15, -0.1) is 0 Å². The van der Waals surface area contributed by atoms with Crippen molar-refractivity contribution in [2.45, 2.75) is 34.5 Å². The molecule has 1 aliphatic carbocycles. The highest BCUT2D eigenvalue weighted by Crippen LogP contribution is 2.59. The van der Waals surface area contributed by atoms with Crippen LogP contribution in [0.25, 0.3) is 22.3 Å². The quantitative estimate of drug-likeness (QED) is 0.169. The molecule has 0 fully saturated rings. The van der Waals surface area contributed by atoms with Crippen molar-refractivity contribution in [2.75, 3.05) is 4.90 Å². The molecule has 0 radical (unpaired) electrons. The fourth-order valence-corrected chi connectivity index (χ4v) is 10.5. The summed E-state index contributed by atoms with van der Waals surface area (Å²) in [6.45, 7) is 4.75. The average molecular weight is 710 g/mol. The Labute approximate surface area is 322 Å². The zero-order valence-electron chi connectivity index (χ0n) is 30.4. The first kappa shape index (κ1) is 32.6. The van der Waals surface area contributed by atoms with Crippen LogP contribution in [0.2, 0.25) is 0 Å². The van der Waals surface area contributed by atoms with Crippen LogP contribution in [0.1, 0.15) is 47.2 Å². The van der Waals surface area contributed by atoms with Gasteiger partial charge in [-0.05, 0) is 98.1 Å². The van der Waals surface area contributed by atoms with Crippen molar-refractivity contribution >= 4 is 28.8 Å². The molecule has 0 N–H and O–H groups in total. The Morgan fingerprint density at radius 3 is 1.65 bits per heavy atom. The molecule has 0 bridgehead atoms. The summed E-state index contributed by atoms with van der Waals surface area (Å²) >= 11 is 1.88. The number of hydrogen-bond acceptors (Lipinski definition) is 2. The Morgan fingerprint density at radius 2 is 0.926 bits per heavy atom. The monoisotopic (exact) mass is 709 g/mol. The molecule has 1 aliphatic heterocycles. The summed E-state index contributed by atoms with van der Waals surface area (Å²) in [5.41, 5.74) is 15.5. The third kappa shape index (κ3) is 4.94. The van der Waals surface area contributed by atoms with Gasteiger partial charge in [0, 0.05) is 26.6 Å². The minimum absolute atomic E-state index is 0.168. The summed E-state index contributed by atoms with van der Waals surface area (Å²) in [6, 6.07) is 74.0. The predicted octanol–water partition coefficient (Wildman–Crippen LogP) is 14.0. The van der Waals surface area contributed by atoms with Crippen LogP contribution in [-0.4, -0.2) is 0 Å². The van der Waals surface area contributed by atoms with Crippen LogP contribution >= 0.6 is 11.8 Å². The second kappa shape index (κ2) is 12.8. The van der Waals surface area contributed by atoms with Crippen molar-refractivity contribution < 1.29 is 0 Å². The van der Waals surface area contributed by atoms with E-state index >= 15 is 0 Å². The molecule has 0 spiro atoms. The number of hydrogen-bond donors (Lipinski definition) is 0. The van der Waals surface area contributed by atoms with E-state index in [-0.39, 0.29) is 5.41 Å². The lowest BCUT2D eigenvalue weighted by Crippen LogP contribution is -2.31. The average Bonchev–Trinajstić information content (AvgIpc) is 3.53. The Morgan fingerprint density at radius 1 is 0.389 bits per heavy atom. The predicted molar refractivity (Wildman–Crippen MR) is 227 cm³/mol. The number of para-hydroxylation sites is 1. The second-order valence-electron chi connectivity index (χ2n) is 14.9. The maximum atomic E-state index is 2.51. The zero-order chi connectivity index (χ0) is 36.3. The Hall–Kier alpha value is -6.09. The van der Waals surface area contributed by atoms with Gasteiger partial charge in [0.15, 0.2) is 0 Å². The molecule has 0 saturated carbocycles. The summed E-state index contributed by atoms with van der Waals surface area (Å²) in [6.07, 6.45) is 0. The molecule has 2 aliphatic rings. The van der Waals surface area contributed by atoms with Crippen LogP contribution in [0.4, 0.5) is 17.1 Å². The highest BCUT2D eigenvalue weighted by atomic mass is 32.2. The molecule has 258 valence electrons. The summed E-state index contributed by atoms with van der Waals surface area (Å²) < 4.78 is 0. The fourth-order valence-electron chi connectivity index (χ4n) is 9.12. The molecule has 8 aromatic carbocycles. The number of fused-ring (bicyclic) bond motifs is 5. The van der Waals surface area contributed by atoms with Crippen LogP contribution in [-0.2, 0) is 10.8 Å². The van der Waals surface area contributed by atoms with Crippen molar-refractivity contribution in [3.05, 3.63) is 234 Å². The van der Waals surface area contributed by atoms with Crippen molar-refractivity contribution in [1.82, 2.24) is 0 Å². The largest absolute Gasteiger partial charge is 0.310 e. The maximum Gasteiger partial charge on any atom is 0.0733 e. The lowest BCUT2D eigenvalue weighted by atomic mass is 9.67. The van der Waals surface area contributed by atoms with E-state index in [2.05, 4.69) is 219 Å². The van der Waals surface area contributed by atoms with Crippen molar-refractivity contribution in [2.24, 2.45) is 0 Å². The molecular weight excluding hydrogens is 671 g/mol. The Bertz CT molecular complexity index is 2630. The smallest absolute Gasteiger partial charge is 0.0733 e. The number of benzene rings is 8. The van der Waals surface area contributed by atoms with Crippen LogP contribution in [0.3, 0.4) is 0 Å². The summed E-state index contributed by atoms with van der Waals surface area (Å²) in [5, 5.41) is 0. The first-order valence-corrected chi connectivity index (χ1v) is 19.6. The van der Waals surface area contributed by atoms with Crippen LogP contribution in [0.15, 0.2) is 210 Å². The van der Waals surface area contributed by atoms with E-state index < -0.39 is 5.41 Å². The highest BCUT2D eigenvalue weighted by Gasteiger charge is 2.47. The van der Waals surface area contributed by atoms with Crippen LogP contribution in [0, 0.1) is 0 Å². The topological polar surface area (TPSA) is 3.24 Å².